The van der Waals surface area contributed by atoms with E-state index in [2.05, 4.69) is 48.5 Å². The summed E-state index contributed by atoms with van der Waals surface area (Å²) >= 11 is 0. The van der Waals surface area contributed by atoms with Gasteiger partial charge in [0.05, 0.1) is 11.7 Å². The molecule has 1 unspecified atom stereocenters. The van der Waals surface area contributed by atoms with Crippen molar-refractivity contribution in [1.82, 2.24) is 4.90 Å². The third-order valence-corrected chi connectivity index (χ3v) is 7.14. The fourth-order valence-corrected chi connectivity index (χ4v) is 5.03. The molecule has 0 radical (unpaired) electrons. The monoisotopic (exact) mass is 528 g/mol. The van der Waals surface area contributed by atoms with Gasteiger partial charge in [0.25, 0.3) is 5.91 Å². The molecule has 1 aliphatic heterocycles. The van der Waals surface area contributed by atoms with Crippen molar-refractivity contribution in [1.29, 1.82) is 0 Å². The van der Waals surface area contributed by atoms with Crippen LogP contribution in [0.1, 0.15) is 68.4 Å². The summed E-state index contributed by atoms with van der Waals surface area (Å²) in [5.74, 6) is -0.134. The Morgan fingerprint density at radius 3 is 2.59 bits per heavy atom. The highest BCUT2D eigenvalue weighted by molar-refractivity contribution is 6.04. The van der Waals surface area contributed by atoms with Crippen molar-refractivity contribution in [2.45, 2.75) is 65.1 Å². The summed E-state index contributed by atoms with van der Waals surface area (Å²) in [6, 6.07) is 13.0. The van der Waals surface area contributed by atoms with Crippen LogP contribution in [0.4, 0.5) is 5.69 Å². The van der Waals surface area contributed by atoms with Gasteiger partial charge >= 0.3 is 5.97 Å². The molecule has 4 rings (SSSR count). The van der Waals surface area contributed by atoms with Gasteiger partial charge in [0.15, 0.2) is 0 Å². The van der Waals surface area contributed by atoms with Crippen LogP contribution in [0.5, 0.6) is 5.75 Å². The molecule has 1 amide bonds. The van der Waals surface area contributed by atoms with Crippen LogP contribution in [0.3, 0.4) is 0 Å². The molecule has 0 saturated carbocycles. The maximum Gasteiger partial charge on any atom is 0.308 e. The Morgan fingerprint density at radius 1 is 1.10 bits per heavy atom. The highest BCUT2D eigenvalue weighted by atomic mass is 16.5. The van der Waals surface area contributed by atoms with E-state index in [4.69, 9.17) is 9.47 Å². The minimum Gasteiger partial charge on any atom is -0.426 e. The lowest BCUT2D eigenvalue weighted by Gasteiger charge is -2.37. The van der Waals surface area contributed by atoms with Crippen LogP contribution in [-0.4, -0.2) is 48.6 Å². The van der Waals surface area contributed by atoms with Crippen molar-refractivity contribution in [2.24, 2.45) is 0 Å². The second-order valence-corrected chi connectivity index (χ2v) is 11.1. The average molecular weight is 529 g/mol. The van der Waals surface area contributed by atoms with E-state index in [1.165, 1.54) is 6.92 Å². The number of nitrogens with one attached hydrogen (secondary N) is 1. The van der Waals surface area contributed by atoms with Gasteiger partial charge in [-0.15, -0.1) is 0 Å². The first-order valence-electron chi connectivity index (χ1n) is 13.7. The normalized spacial score (nSPS) is 19.8. The number of ether oxygens (including phenoxy) is 2. The summed E-state index contributed by atoms with van der Waals surface area (Å²) in [6.45, 7) is 9.69. The van der Waals surface area contributed by atoms with E-state index in [0.29, 0.717) is 23.4 Å². The molecule has 0 aromatic heterocycles. The number of rotatable bonds is 8. The summed E-state index contributed by atoms with van der Waals surface area (Å²) in [4.78, 5) is 27.1. The number of carbonyl (C=O) groups excluding carboxylic acids is 2. The summed E-state index contributed by atoms with van der Waals surface area (Å²) in [7, 11) is 2.16. The third-order valence-electron chi connectivity index (χ3n) is 7.14. The molecule has 206 valence electrons. The highest BCUT2D eigenvalue weighted by Crippen LogP contribution is 2.33. The van der Waals surface area contributed by atoms with E-state index in [-0.39, 0.29) is 23.6 Å². The van der Waals surface area contributed by atoms with Gasteiger partial charge in [-0.05, 0) is 107 Å². The quantitative estimate of drug-likeness (QED) is 0.238. The number of allylic oxidation sites excluding steroid dienone is 4. The number of piperidine rings is 1. The molecular formula is C33H40N2O4. The van der Waals surface area contributed by atoms with Crippen LogP contribution in [-0.2, 0) is 16.0 Å². The largest absolute Gasteiger partial charge is 0.426 e. The van der Waals surface area contributed by atoms with E-state index in [0.717, 1.165) is 54.6 Å². The summed E-state index contributed by atoms with van der Waals surface area (Å²) in [5, 5.41) is 3.03. The number of amides is 1. The maximum absolute atomic E-state index is 13.2. The topological polar surface area (TPSA) is 67.9 Å². The zero-order valence-corrected chi connectivity index (χ0v) is 23.8. The lowest BCUT2D eigenvalue weighted by molar-refractivity contribution is -0.131. The van der Waals surface area contributed by atoms with Gasteiger partial charge < -0.3 is 19.7 Å². The van der Waals surface area contributed by atoms with Gasteiger partial charge in [-0.2, -0.15) is 0 Å². The number of nitrogens with zero attached hydrogens (tertiary/aromatic N) is 1. The van der Waals surface area contributed by atoms with Gasteiger partial charge in [0.2, 0.25) is 0 Å². The van der Waals surface area contributed by atoms with E-state index in [1.807, 2.05) is 38.1 Å². The fourth-order valence-electron chi connectivity index (χ4n) is 5.03. The van der Waals surface area contributed by atoms with Crippen molar-refractivity contribution < 1.29 is 19.1 Å². The zero-order valence-electron chi connectivity index (χ0n) is 23.8. The van der Waals surface area contributed by atoms with Crippen LogP contribution >= 0.6 is 0 Å². The first-order chi connectivity index (χ1) is 18.6. The molecule has 0 spiro atoms. The molecule has 1 heterocycles. The van der Waals surface area contributed by atoms with Crippen molar-refractivity contribution >= 4 is 23.1 Å². The fraction of sp³-hybridized carbons (Fsp3) is 0.394. The Balaban J connectivity index is 1.49. The van der Waals surface area contributed by atoms with E-state index < -0.39 is 0 Å². The molecule has 39 heavy (non-hydrogen) atoms. The molecule has 6 heteroatoms. The van der Waals surface area contributed by atoms with Crippen LogP contribution in [0, 0.1) is 0 Å². The van der Waals surface area contributed by atoms with Crippen molar-refractivity contribution in [3.8, 4) is 5.75 Å². The molecule has 1 saturated heterocycles. The standard InChI is InChI=1S/C33H40N2O4/c1-23(2)11-12-26-20-27(13-14-31(26)38-24(3)36)32(37)34-29-10-6-8-25(21-29)28-9-7-17-33(4,22-28)39-30-15-18-35(5)19-16-30/h6-11,13-14,20-22,30H,12,15-19H2,1-5H3,(H,34,37). The second-order valence-electron chi connectivity index (χ2n) is 11.1. The van der Waals surface area contributed by atoms with Gasteiger partial charge in [0, 0.05) is 31.3 Å². The Morgan fingerprint density at radius 2 is 1.87 bits per heavy atom. The van der Waals surface area contributed by atoms with Gasteiger partial charge in [-0.25, -0.2) is 0 Å². The minimum atomic E-state index is -0.388. The highest BCUT2D eigenvalue weighted by Gasteiger charge is 2.30. The Bertz CT molecular complexity index is 1300. The van der Waals surface area contributed by atoms with E-state index in [1.54, 1.807) is 18.2 Å². The molecule has 6 nitrogen and oxygen atoms in total. The minimum absolute atomic E-state index is 0.219. The number of carbonyl (C=O) groups is 2. The lowest BCUT2D eigenvalue weighted by Crippen LogP contribution is -2.40. The van der Waals surface area contributed by atoms with Crippen molar-refractivity contribution in [3.63, 3.8) is 0 Å². The number of hydrogen-bond donors (Lipinski definition) is 1. The van der Waals surface area contributed by atoms with E-state index >= 15 is 0 Å². The second kappa shape index (κ2) is 12.6. The summed E-state index contributed by atoms with van der Waals surface area (Å²) < 4.78 is 12.0. The molecule has 1 fully saturated rings. The number of anilines is 1. The van der Waals surface area contributed by atoms with Gasteiger partial charge in [0.1, 0.15) is 5.75 Å². The molecule has 1 atom stereocenters. The van der Waals surface area contributed by atoms with E-state index in [9.17, 15) is 9.59 Å². The molecule has 2 aromatic rings. The van der Waals surface area contributed by atoms with Crippen LogP contribution < -0.4 is 10.1 Å². The molecule has 1 aliphatic carbocycles. The smallest absolute Gasteiger partial charge is 0.308 e. The Kier molecular flexibility index (Phi) is 9.20. The number of esters is 1. The Labute approximate surface area is 232 Å². The molecule has 0 bridgehead atoms. The zero-order chi connectivity index (χ0) is 28.0. The van der Waals surface area contributed by atoms with Crippen molar-refractivity contribution in [2.75, 3.05) is 25.5 Å². The predicted molar refractivity (Wildman–Crippen MR) is 157 cm³/mol. The number of likely N-dealkylation sites (tertiary alicyclic amines) is 1. The molecular weight excluding hydrogens is 488 g/mol. The number of hydrogen-bond acceptors (Lipinski definition) is 5. The first kappa shape index (κ1) is 28.5. The third kappa shape index (κ3) is 8.01. The van der Waals surface area contributed by atoms with Gasteiger partial charge in [-0.1, -0.05) is 35.9 Å². The number of benzene rings is 2. The van der Waals surface area contributed by atoms with Crippen LogP contribution in [0.25, 0.3) is 5.57 Å². The van der Waals surface area contributed by atoms with Crippen molar-refractivity contribution in [3.05, 3.63) is 89.0 Å². The van der Waals surface area contributed by atoms with Crippen LogP contribution in [0.2, 0.25) is 0 Å². The maximum atomic E-state index is 13.2. The lowest BCUT2D eigenvalue weighted by atomic mass is 9.89. The van der Waals surface area contributed by atoms with Gasteiger partial charge in [-0.3, -0.25) is 9.59 Å². The molecule has 2 aromatic carbocycles. The summed E-state index contributed by atoms with van der Waals surface area (Å²) in [5.41, 5.74) is 4.91. The molecule has 1 N–H and O–H groups in total. The predicted octanol–water partition coefficient (Wildman–Crippen LogP) is 6.59. The van der Waals surface area contributed by atoms with Crippen LogP contribution in [0.15, 0.2) is 72.3 Å². The SMILES string of the molecule is CC(=O)Oc1ccc(C(=O)Nc2cccc(C3=CC(C)(OC4CCN(C)CC4)CC=C3)c2)cc1CC=C(C)C. The Hall–Kier alpha value is -3.48. The molecule has 2 aliphatic rings. The summed E-state index contributed by atoms with van der Waals surface area (Å²) in [6.07, 6.45) is 12.4. The average Bonchev–Trinajstić information content (AvgIpc) is 2.89. The first-order valence-corrected chi connectivity index (χ1v) is 13.7.